The fourth-order valence-electron chi connectivity index (χ4n) is 1.60. The molecule has 2 N–H and O–H groups in total. The van der Waals surface area contributed by atoms with E-state index in [0.29, 0.717) is 5.56 Å². The summed E-state index contributed by atoms with van der Waals surface area (Å²) >= 11 is 0. The lowest BCUT2D eigenvalue weighted by atomic mass is 10.2. The molecule has 1 unspecified atom stereocenters. The highest BCUT2D eigenvalue weighted by molar-refractivity contribution is 7.92. The Hall–Kier alpha value is -1.36. The summed E-state index contributed by atoms with van der Waals surface area (Å²) in [6.45, 7) is 3.33. The van der Waals surface area contributed by atoms with Crippen molar-refractivity contribution in [2.24, 2.45) is 5.73 Å². The average molecular weight is 241 g/mol. The summed E-state index contributed by atoms with van der Waals surface area (Å²) in [6, 6.07) is 6.57. The van der Waals surface area contributed by atoms with E-state index in [1.165, 1.54) is 6.07 Å². The number of hydrogen-bond donors (Lipinski definition) is 1. The van der Waals surface area contributed by atoms with E-state index in [9.17, 15) is 13.2 Å². The Kier molecular flexibility index (Phi) is 3.70. The lowest BCUT2D eigenvalue weighted by Crippen LogP contribution is -2.35. The molecule has 0 heterocycles. The van der Waals surface area contributed by atoms with Crippen LogP contribution in [0.15, 0.2) is 29.2 Å². The maximum atomic E-state index is 12.1. The normalized spacial score (nSPS) is 13.4. The number of nitrogens with two attached hydrogens (primary N) is 1. The molecular weight excluding hydrogens is 226 g/mol. The molecule has 0 spiro atoms. The van der Waals surface area contributed by atoms with Gasteiger partial charge in [-0.2, -0.15) is 0 Å². The Bertz CT molecular complexity index is 494. The molecule has 88 valence electrons. The molecule has 0 bridgehead atoms. The van der Waals surface area contributed by atoms with E-state index >= 15 is 0 Å². The number of benzene rings is 1. The molecule has 0 aliphatic heterocycles. The van der Waals surface area contributed by atoms with Gasteiger partial charge < -0.3 is 5.73 Å². The summed E-state index contributed by atoms with van der Waals surface area (Å²) in [5, 5.41) is -1.14. The highest BCUT2D eigenvalue weighted by Crippen LogP contribution is 2.21. The van der Waals surface area contributed by atoms with Crippen molar-refractivity contribution in [3.63, 3.8) is 0 Å². The van der Waals surface area contributed by atoms with Crippen molar-refractivity contribution in [2.75, 3.05) is 0 Å². The molecule has 0 saturated heterocycles. The summed E-state index contributed by atoms with van der Waals surface area (Å²) in [4.78, 5) is 11.3. The van der Waals surface area contributed by atoms with E-state index in [1.807, 2.05) is 0 Å². The Morgan fingerprint density at radius 1 is 1.38 bits per heavy atom. The lowest BCUT2D eigenvalue weighted by molar-refractivity contribution is -0.117. The molecule has 0 fully saturated rings. The molecular formula is C11H15NO3S. The second kappa shape index (κ2) is 4.65. The quantitative estimate of drug-likeness (QED) is 0.855. The van der Waals surface area contributed by atoms with Gasteiger partial charge in [0, 0.05) is 0 Å². The van der Waals surface area contributed by atoms with E-state index < -0.39 is 21.0 Å². The number of carbonyl (C=O) groups excluding carboxylic acids is 1. The minimum atomic E-state index is -3.66. The number of carbonyl (C=O) groups is 1. The van der Waals surface area contributed by atoms with Crippen LogP contribution in [0, 0.1) is 6.92 Å². The van der Waals surface area contributed by atoms with Crippen molar-refractivity contribution in [1.82, 2.24) is 0 Å². The van der Waals surface area contributed by atoms with Gasteiger partial charge in [-0.15, -0.1) is 0 Å². The first-order valence-corrected chi connectivity index (χ1v) is 6.54. The molecule has 1 amide bonds. The van der Waals surface area contributed by atoms with Gasteiger partial charge in [0.15, 0.2) is 9.84 Å². The zero-order chi connectivity index (χ0) is 12.3. The second-order valence-corrected chi connectivity index (χ2v) is 5.71. The maximum absolute atomic E-state index is 12.1. The van der Waals surface area contributed by atoms with Gasteiger partial charge in [-0.25, -0.2) is 8.42 Å². The molecule has 0 saturated carbocycles. The van der Waals surface area contributed by atoms with Gasteiger partial charge in [0.25, 0.3) is 0 Å². The SMILES string of the molecule is CCC(C(N)=O)S(=O)(=O)c1ccccc1C. The van der Waals surface area contributed by atoms with Crippen LogP contribution in [0.1, 0.15) is 18.9 Å². The fourth-order valence-corrected chi connectivity index (χ4v) is 3.44. The van der Waals surface area contributed by atoms with Gasteiger partial charge in [-0.3, -0.25) is 4.79 Å². The van der Waals surface area contributed by atoms with Crippen molar-refractivity contribution < 1.29 is 13.2 Å². The lowest BCUT2D eigenvalue weighted by Gasteiger charge is -2.13. The van der Waals surface area contributed by atoms with Crippen LogP contribution in [-0.2, 0) is 14.6 Å². The molecule has 1 aromatic rings. The van der Waals surface area contributed by atoms with Crippen LogP contribution in [-0.4, -0.2) is 19.6 Å². The molecule has 1 aromatic carbocycles. The summed E-state index contributed by atoms with van der Waals surface area (Å²) in [5.41, 5.74) is 5.73. The third-order valence-corrected chi connectivity index (χ3v) is 4.85. The highest BCUT2D eigenvalue weighted by Gasteiger charge is 2.31. The number of sulfone groups is 1. The van der Waals surface area contributed by atoms with Crippen LogP contribution >= 0.6 is 0 Å². The monoisotopic (exact) mass is 241 g/mol. The molecule has 5 heteroatoms. The van der Waals surface area contributed by atoms with Gasteiger partial charge in [-0.05, 0) is 25.0 Å². The molecule has 16 heavy (non-hydrogen) atoms. The molecule has 1 rings (SSSR count). The molecule has 1 atom stereocenters. The fraction of sp³-hybridized carbons (Fsp3) is 0.364. The van der Waals surface area contributed by atoms with E-state index in [4.69, 9.17) is 5.73 Å². The Morgan fingerprint density at radius 3 is 2.38 bits per heavy atom. The van der Waals surface area contributed by atoms with E-state index in [2.05, 4.69) is 0 Å². The maximum Gasteiger partial charge on any atom is 0.236 e. The van der Waals surface area contributed by atoms with Crippen LogP contribution in [0.4, 0.5) is 0 Å². The number of hydrogen-bond acceptors (Lipinski definition) is 3. The van der Waals surface area contributed by atoms with E-state index in [-0.39, 0.29) is 11.3 Å². The zero-order valence-electron chi connectivity index (χ0n) is 9.30. The number of amides is 1. The van der Waals surface area contributed by atoms with Gasteiger partial charge in [-0.1, -0.05) is 25.1 Å². The third kappa shape index (κ3) is 2.24. The van der Waals surface area contributed by atoms with Crippen LogP contribution in [0.5, 0.6) is 0 Å². The molecule has 0 aliphatic rings. The molecule has 4 nitrogen and oxygen atoms in total. The first kappa shape index (κ1) is 12.7. The summed E-state index contributed by atoms with van der Waals surface area (Å²) in [5.74, 6) is -0.800. The van der Waals surface area contributed by atoms with E-state index in [1.54, 1.807) is 32.0 Å². The Morgan fingerprint density at radius 2 is 1.94 bits per heavy atom. The molecule has 0 aliphatic carbocycles. The van der Waals surface area contributed by atoms with Crippen molar-refractivity contribution in [3.8, 4) is 0 Å². The van der Waals surface area contributed by atoms with Gasteiger partial charge >= 0.3 is 0 Å². The van der Waals surface area contributed by atoms with Crippen molar-refractivity contribution in [1.29, 1.82) is 0 Å². The minimum absolute atomic E-state index is 0.181. The predicted octanol–water partition coefficient (Wildman–Crippen LogP) is 1.03. The summed E-state index contributed by atoms with van der Waals surface area (Å²) in [6.07, 6.45) is 0.187. The second-order valence-electron chi connectivity index (χ2n) is 3.61. The standard InChI is InChI=1S/C11H15NO3S/c1-3-9(11(12)13)16(14,15)10-7-5-4-6-8(10)2/h4-7,9H,3H2,1-2H3,(H2,12,13). The third-order valence-electron chi connectivity index (χ3n) is 2.46. The van der Waals surface area contributed by atoms with Gasteiger partial charge in [0.2, 0.25) is 5.91 Å². The summed E-state index contributed by atoms with van der Waals surface area (Å²) < 4.78 is 24.2. The largest absolute Gasteiger partial charge is 0.369 e. The number of rotatable bonds is 4. The number of aryl methyl sites for hydroxylation is 1. The molecule has 0 aromatic heterocycles. The van der Waals surface area contributed by atoms with Crippen molar-refractivity contribution >= 4 is 15.7 Å². The average Bonchev–Trinajstić information content (AvgIpc) is 2.17. The topological polar surface area (TPSA) is 77.2 Å². The van der Waals surface area contributed by atoms with E-state index in [0.717, 1.165) is 0 Å². The summed E-state index contributed by atoms with van der Waals surface area (Å²) in [7, 11) is -3.66. The molecule has 0 radical (unpaired) electrons. The Balaban J connectivity index is 3.32. The predicted molar refractivity (Wildman–Crippen MR) is 61.6 cm³/mol. The van der Waals surface area contributed by atoms with Crippen LogP contribution in [0.2, 0.25) is 0 Å². The van der Waals surface area contributed by atoms with Crippen LogP contribution in [0.3, 0.4) is 0 Å². The van der Waals surface area contributed by atoms with Crippen LogP contribution < -0.4 is 5.73 Å². The first-order valence-electron chi connectivity index (χ1n) is 5.00. The van der Waals surface area contributed by atoms with Crippen molar-refractivity contribution in [2.45, 2.75) is 30.4 Å². The number of primary amides is 1. The highest BCUT2D eigenvalue weighted by atomic mass is 32.2. The smallest absolute Gasteiger partial charge is 0.236 e. The van der Waals surface area contributed by atoms with Gasteiger partial charge in [0.1, 0.15) is 5.25 Å². The van der Waals surface area contributed by atoms with Crippen molar-refractivity contribution in [3.05, 3.63) is 29.8 Å². The van der Waals surface area contributed by atoms with Gasteiger partial charge in [0.05, 0.1) is 4.90 Å². The minimum Gasteiger partial charge on any atom is -0.369 e. The Labute approximate surface area is 95.4 Å². The van der Waals surface area contributed by atoms with Crippen LogP contribution in [0.25, 0.3) is 0 Å². The zero-order valence-corrected chi connectivity index (χ0v) is 10.1. The first-order chi connectivity index (χ1) is 7.41.